The topological polar surface area (TPSA) is 129 Å². The third-order valence-corrected chi connectivity index (χ3v) is 6.91. The molecule has 2 amide bonds. The van der Waals surface area contributed by atoms with Gasteiger partial charge in [-0.3, -0.25) is 14.3 Å². The Balaban J connectivity index is 1.20. The van der Waals surface area contributed by atoms with E-state index in [9.17, 15) is 14.9 Å². The smallest absolute Gasteiger partial charge is 0.246 e. The predicted octanol–water partition coefficient (Wildman–Crippen LogP) is 1.25. The number of aromatic nitrogens is 4. The van der Waals surface area contributed by atoms with E-state index in [1.807, 2.05) is 28.0 Å². The number of ether oxygens (including phenoxy) is 1. The van der Waals surface area contributed by atoms with Crippen LogP contribution in [0.3, 0.4) is 0 Å². The van der Waals surface area contributed by atoms with Gasteiger partial charge in [-0.1, -0.05) is 6.08 Å². The van der Waals surface area contributed by atoms with Crippen LogP contribution in [0.4, 0.5) is 0 Å². The van der Waals surface area contributed by atoms with Crippen LogP contribution in [-0.2, 0) is 9.59 Å². The lowest BCUT2D eigenvalue weighted by Gasteiger charge is -2.41. The van der Waals surface area contributed by atoms with Gasteiger partial charge in [-0.25, -0.2) is 4.52 Å². The second-order valence-corrected chi connectivity index (χ2v) is 9.05. The van der Waals surface area contributed by atoms with Crippen LogP contribution in [0.5, 0.6) is 5.75 Å². The summed E-state index contributed by atoms with van der Waals surface area (Å²) in [7, 11) is 1.57. The van der Waals surface area contributed by atoms with Crippen molar-refractivity contribution in [1.82, 2.24) is 29.2 Å². The van der Waals surface area contributed by atoms with Gasteiger partial charge in [-0.15, -0.1) is 0 Å². The van der Waals surface area contributed by atoms with Crippen LogP contribution in [0.15, 0.2) is 43.0 Å². The second-order valence-electron chi connectivity index (χ2n) is 9.05. The number of nitriles is 1. The molecule has 0 atom stereocenters. The Morgan fingerprint density at radius 1 is 1.17 bits per heavy atom. The molecule has 186 valence electrons. The summed E-state index contributed by atoms with van der Waals surface area (Å²) in [6.07, 6.45) is 11.5. The van der Waals surface area contributed by atoms with Gasteiger partial charge in [0.05, 0.1) is 38.1 Å². The van der Waals surface area contributed by atoms with Crippen LogP contribution in [0, 0.1) is 17.2 Å². The third-order valence-electron chi connectivity index (χ3n) is 6.91. The summed E-state index contributed by atoms with van der Waals surface area (Å²) in [4.78, 5) is 28.3. The minimum absolute atomic E-state index is 0.0983. The van der Waals surface area contributed by atoms with Crippen LogP contribution in [0.25, 0.3) is 16.6 Å². The number of carbonyl (C=O) groups is 2. The number of nitrogens with zero attached hydrogens (tertiary/aromatic N) is 7. The minimum atomic E-state index is -0.175. The maximum Gasteiger partial charge on any atom is 0.246 e. The molecule has 0 unspecified atom stereocenters. The van der Waals surface area contributed by atoms with Crippen LogP contribution >= 0.6 is 0 Å². The Labute approximate surface area is 207 Å². The fraction of sp³-hybridized carbons (Fsp3) is 0.400. The highest BCUT2D eigenvalue weighted by Gasteiger charge is 2.38. The lowest BCUT2D eigenvalue weighted by atomic mass is 9.96. The van der Waals surface area contributed by atoms with E-state index in [1.165, 1.54) is 18.3 Å². The van der Waals surface area contributed by atoms with Gasteiger partial charge in [0, 0.05) is 55.8 Å². The average Bonchev–Trinajstić information content (AvgIpc) is 3.53. The number of amides is 2. The molecule has 0 radical (unpaired) electrons. The van der Waals surface area contributed by atoms with Crippen LogP contribution in [-0.4, -0.2) is 86.0 Å². The summed E-state index contributed by atoms with van der Waals surface area (Å²) in [5.74, 6) is 0.345. The first-order chi connectivity index (χ1) is 17.5. The monoisotopic (exact) mass is 489 g/mol. The normalized spacial score (nSPS) is 16.9. The summed E-state index contributed by atoms with van der Waals surface area (Å²) in [6, 6.07) is 4.20. The number of hydrogen-bond acceptors (Lipinski definition) is 7. The van der Waals surface area contributed by atoms with Gasteiger partial charge in [0.15, 0.2) is 0 Å². The quantitative estimate of drug-likeness (QED) is 0.516. The van der Waals surface area contributed by atoms with Crippen molar-refractivity contribution < 1.29 is 19.4 Å². The van der Waals surface area contributed by atoms with Crippen molar-refractivity contribution >= 4 is 17.3 Å². The van der Waals surface area contributed by atoms with Gasteiger partial charge < -0.3 is 19.6 Å². The third kappa shape index (κ3) is 4.31. The fourth-order valence-electron chi connectivity index (χ4n) is 4.85. The maximum absolute atomic E-state index is 12.9. The molecule has 0 aromatic carbocycles. The van der Waals surface area contributed by atoms with Crippen molar-refractivity contribution in [3.8, 4) is 22.9 Å². The SMILES string of the molecule is COc1cc(-c2cnn(C3CCN(C(=O)C4CN(C(=O)/C=C/CO)C4)CC3)c2)cn2ncc(C#N)c12. The highest BCUT2D eigenvalue weighted by atomic mass is 16.5. The molecule has 2 aliphatic rings. The molecule has 2 aliphatic heterocycles. The van der Waals surface area contributed by atoms with E-state index in [0.717, 1.165) is 24.0 Å². The van der Waals surface area contributed by atoms with Gasteiger partial charge in [0.25, 0.3) is 0 Å². The molecule has 2 fully saturated rings. The Kier molecular flexibility index (Phi) is 6.43. The van der Waals surface area contributed by atoms with E-state index >= 15 is 0 Å². The first-order valence-corrected chi connectivity index (χ1v) is 11.9. The molecule has 2 saturated heterocycles. The number of aliphatic hydroxyl groups excluding tert-OH is 1. The molecular weight excluding hydrogens is 462 g/mol. The zero-order chi connectivity index (χ0) is 25.2. The van der Waals surface area contributed by atoms with E-state index < -0.39 is 0 Å². The van der Waals surface area contributed by atoms with Crippen molar-refractivity contribution in [2.75, 3.05) is 39.9 Å². The van der Waals surface area contributed by atoms with Crippen LogP contribution in [0.1, 0.15) is 24.4 Å². The molecule has 0 saturated carbocycles. The molecule has 0 bridgehead atoms. The predicted molar refractivity (Wildman–Crippen MR) is 129 cm³/mol. The first-order valence-electron chi connectivity index (χ1n) is 11.9. The molecule has 11 heteroatoms. The van der Waals surface area contributed by atoms with Crippen LogP contribution in [0.2, 0.25) is 0 Å². The van der Waals surface area contributed by atoms with E-state index in [-0.39, 0.29) is 30.4 Å². The van der Waals surface area contributed by atoms with E-state index in [0.29, 0.717) is 43.0 Å². The number of aliphatic hydroxyl groups is 1. The number of fused-ring (bicyclic) bond motifs is 1. The lowest BCUT2D eigenvalue weighted by molar-refractivity contribution is -0.147. The molecule has 5 rings (SSSR count). The van der Waals surface area contributed by atoms with Gasteiger partial charge >= 0.3 is 0 Å². The molecule has 1 N–H and O–H groups in total. The zero-order valence-corrected chi connectivity index (χ0v) is 19.9. The Bertz CT molecular complexity index is 1350. The molecule has 3 aromatic heterocycles. The maximum atomic E-state index is 12.9. The van der Waals surface area contributed by atoms with Gasteiger partial charge in [0.1, 0.15) is 22.9 Å². The second kappa shape index (κ2) is 9.83. The van der Waals surface area contributed by atoms with Gasteiger partial charge in [-0.2, -0.15) is 15.5 Å². The zero-order valence-electron chi connectivity index (χ0n) is 19.9. The van der Waals surface area contributed by atoms with Gasteiger partial charge in [0.2, 0.25) is 11.8 Å². The summed E-state index contributed by atoms with van der Waals surface area (Å²) in [5.41, 5.74) is 2.88. The Morgan fingerprint density at radius 3 is 2.64 bits per heavy atom. The number of pyridine rings is 1. The number of carbonyl (C=O) groups excluding carboxylic acids is 2. The Hall–Kier alpha value is -4.17. The minimum Gasteiger partial charge on any atom is -0.494 e. The highest BCUT2D eigenvalue weighted by Crippen LogP contribution is 2.31. The van der Waals surface area contributed by atoms with E-state index in [1.54, 1.807) is 22.7 Å². The number of hydrogen-bond donors (Lipinski definition) is 1. The first kappa shape index (κ1) is 23.6. The van der Waals surface area contributed by atoms with Crippen molar-refractivity contribution in [3.63, 3.8) is 0 Å². The summed E-state index contributed by atoms with van der Waals surface area (Å²) < 4.78 is 9.10. The average molecular weight is 490 g/mol. The van der Waals surface area contributed by atoms with Crippen molar-refractivity contribution in [1.29, 1.82) is 5.26 Å². The van der Waals surface area contributed by atoms with Crippen LogP contribution < -0.4 is 4.74 Å². The highest BCUT2D eigenvalue weighted by molar-refractivity contribution is 5.90. The van der Waals surface area contributed by atoms with Crippen molar-refractivity contribution in [2.24, 2.45) is 5.92 Å². The Morgan fingerprint density at radius 2 is 1.94 bits per heavy atom. The lowest BCUT2D eigenvalue weighted by Crippen LogP contribution is -2.57. The van der Waals surface area contributed by atoms with Crippen molar-refractivity contribution in [3.05, 3.63) is 48.6 Å². The molecular formula is C25H27N7O4. The molecule has 3 aromatic rings. The molecule has 36 heavy (non-hydrogen) atoms. The van der Waals surface area contributed by atoms with Gasteiger partial charge in [-0.05, 0) is 18.9 Å². The molecule has 0 spiro atoms. The number of piperidine rings is 1. The molecule has 5 heterocycles. The number of rotatable bonds is 6. The standard InChI is InChI=1S/C25H27N7O4/c1-36-22-9-17(15-32-24(22)18(10-26)11-28-32)19-12-27-31(16-19)21-4-6-29(7-5-21)25(35)20-13-30(14-20)23(34)3-2-8-33/h2-3,9,11-12,15-16,20-21,33H,4-8,13-14H2,1H3/b3-2+. The largest absolute Gasteiger partial charge is 0.494 e. The number of methoxy groups -OCH3 is 1. The summed E-state index contributed by atoms with van der Waals surface area (Å²) in [6.45, 7) is 1.98. The summed E-state index contributed by atoms with van der Waals surface area (Å²) in [5, 5.41) is 27.0. The summed E-state index contributed by atoms with van der Waals surface area (Å²) >= 11 is 0. The van der Waals surface area contributed by atoms with E-state index in [2.05, 4.69) is 16.3 Å². The molecule has 11 nitrogen and oxygen atoms in total. The van der Waals surface area contributed by atoms with Crippen molar-refractivity contribution in [2.45, 2.75) is 18.9 Å². The fourth-order valence-corrected chi connectivity index (χ4v) is 4.85. The molecule has 0 aliphatic carbocycles. The van der Waals surface area contributed by atoms with E-state index in [4.69, 9.17) is 9.84 Å². The number of likely N-dealkylation sites (tertiary alicyclic amines) is 2.